The lowest BCUT2D eigenvalue weighted by atomic mass is 10.1. The molecule has 5 N–H and O–H groups in total. The smallest absolute Gasteiger partial charge is 0.402 e. The van der Waals surface area contributed by atoms with Gasteiger partial charge in [-0.05, 0) is 18.2 Å². The Balaban J connectivity index is 0.000000711. The summed E-state index contributed by atoms with van der Waals surface area (Å²) >= 11 is 0. The number of halogens is 6. The molecular weight excluding hydrogens is 283 g/mol. The fourth-order valence-electron chi connectivity index (χ4n) is 0.979. The van der Waals surface area contributed by atoms with Gasteiger partial charge in [-0.1, -0.05) is 0 Å². The lowest BCUT2D eigenvalue weighted by molar-refractivity contribution is -0.143. The van der Waals surface area contributed by atoms with Crippen LogP contribution in [-0.2, 0) is 12.4 Å². The van der Waals surface area contributed by atoms with E-state index in [1.165, 1.54) is 0 Å². The van der Waals surface area contributed by atoms with Crippen LogP contribution in [0.3, 0.4) is 0 Å². The van der Waals surface area contributed by atoms with Crippen molar-refractivity contribution in [2.75, 3.05) is 5.73 Å². The molecule has 1 aromatic carbocycles. The Morgan fingerprint density at radius 3 is 1.26 bits per heavy atom. The lowest BCUT2D eigenvalue weighted by Gasteiger charge is -2.12. The molecule has 0 bridgehead atoms. The van der Waals surface area contributed by atoms with Crippen LogP contribution < -0.4 is 5.73 Å². The zero-order chi connectivity index (χ0) is 15.4. The first-order chi connectivity index (χ1) is 8.34. The summed E-state index contributed by atoms with van der Waals surface area (Å²) in [5.74, 6) is 0. The maximum atomic E-state index is 12.1. The van der Waals surface area contributed by atoms with Crippen LogP contribution in [0.4, 0.5) is 32.0 Å². The molecule has 0 saturated carbocycles. The summed E-state index contributed by atoms with van der Waals surface area (Å²) < 4.78 is 72.7. The highest BCUT2D eigenvalue weighted by molar-refractivity contribution is 6.30. The predicted octanol–water partition coefficient (Wildman–Crippen LogP) is 1.25. The van der Waals surface area contributed by atoms with Crippen molar-refractivity contribution in [3.63, 3.8) is 0 Å². The third-order valence-corrected chi connectivity index (χ3v) is 1.61. The summed E-state index contributed by atoms with van der Waals surface area (Å²) in [6.45, 7) is 0. The molecule has 0 fully saturated rings. The highest BCUT2D eigenvalue weighted by atomic mass is 19.4. The van der Waals surface area contributed by atoms with E-state index in [0.29, 0.717) is 12.1 Å². The first kappa shape index (κ1) is 17.5. The van der Waals surface area contributed by atoms with Gasteiger partial charge in [0.15, 0.2) is 0 Å². The first-order valence-corrected chi connectivity index (χ1v) is 4.43. The first-order valence-electron chi connectivity index (χ1n) is 4.43. The van der Waals surface area contributed by atoms with Crippen LogP contribution in [0.25, 0.3) is 0 Å². The molecule has 1 rings (SSSR count). The molecule has 0 aliphatic rings. The van der Waals surface area contributed by atoms with E-state index >= 15 is 0 Å². The topological polar surface area (TPSA) is 86.7 Å². The molecule has 0 amide bonds. The van der Waals surface area contributed by atoms with Gasteiger partial charge < -0.3 is 20.8 Å². The minimum Gasteiger partial charge on any atom is -0.402 e. The number of hydrogen-bond acceptors (Lipinski definition) is 4. The van der Waals surface area contributed by atoms with E-state index in [0.717, 1.165) is 0 Å². The van der Waals surface area contributed by atoms with Crippen LogP contribution in [0.5, 0.6) is 0 Å². The summed E-state index contributed by atoms with van der Waals surface area (Å²) in [6, 6.07) is 0.931. The van der Waals surface area contributed by atoms with Gasteiger partial charge in [0, 0.05) is 5.69 Å². The summed E-state index contributed by atoms with van der Waals surface area (Å²) in [4.78, 5) is 0. The van der Waals surface area contributed by atoms with Gasteiger partial charge in [-0.2, -0.15) is 26.3 Å². The molecule has 19 heavy (non-hydrogen) atoms. The van der Waals surface area contributed by atoms with Gasteiger partial charge in [0.2, 0.25) is 0 Å². The normalized spacial score (nSPS) is 11.6. The van der Waals surface area contributed by atoms with Crippen molar-refractivity contribution < 1.29 is 41.4 Å². The predicted molar refractivity (Wildman–Crippen MR) is 53.3 cm³/mol. The molecule has 0 heterocycles. The van der Waals surface area contributed by atoms with Crippen LogP contribution in [0.15, 0.2) is 18.2 Å². The average molecular weight is 291 g/mol. The Bertz CT molecular complexity index is 385. The molecule has 0 aromatic heterocycles. The lowest BCUT2D eigenvalue weighted by Crippen LogP contribution is -2.11. The Morgan fingerprint density at radius 1 is 0.789 bits per heavy atom. The van der Waals surface area contributed by atoms with Crippen molar-refractivity contribution in [1.29, 1.82) is 0 Å². The SMILES string of the molecule is Nc1cc(C(F)(F)F)cc(C(F)(F)F)c1.OB(O)O. The molecule has 1 aromatic rings. The highest BCUT2D eigenvalue weighted by Crippen LogP contribution is 2.36. The minimum absolute atomic E-state index is 0.0242. The van der Waals surface area contributed by atoms with Crippen LogP contribution in [-0.4, -0.2) is 22.4 Å². The molecule has 11 heteroatoms. The number of nitrogens with two attached hydrogens (primary N) is 1. The van der Waals surface area contributed by atoms with Crippen molar-refractivity contribution in [3.8, 4) is 0 Å². The van der Waals surface area contributed by atoms with Crippen molar-refractivity contribution in [2.45, 2.75) is 12.4 Å². The number of rotatable bonds is 0. The van der Waals surface area contributed by atoms with E-state index in [-0.39, 0.29) is 6.07 Å². The zero-order valence-corrected chi connectivity index (χ0v) is 9.00. The summed E-state index contributed by atoms with van der Waals surface area (Å²) in [5.41, 5.74) is 1.57. The summed E-state index contributed by atoms with van der Waals surface area (Å²) in [5, 5.41) is 21.5. The van der Waals surface area contributed by atoms with Crippen LogP contribution in [0.2, 0.25) is 0 Å². The van der Waals surface area contributed by atoms with E-state index < -0.39 is 36.5 Å². The molecule has 4 nitrogen and oxygen atoms in total. The minimum atomic E-state index is -4.84. The van der Waals surface area contributed by atoms with Crippen molar-refractivity contribution in [1.82, 2.24) is 0 Å². The van der Waals surface area contributed by atoms with Gasteiger partial charge in [-0.25, -0.2) is 0 Å². The number of hydrogen-bond donors (Lipinski definition) is 4. The van der Waals surface area contributed by atoms with E-state index in [1.54, 1.807) is 0 Å². The maximum absolute atomic E-state index is 12.1. The van der Waals surface area contributed by atoms with E-state index in [1.807, 2.05) is 0 Å². The fraction of sp³-hybridized carbons (Fsp3) is 0.250. The van der Waals surface area contributed by atoms with Crippen molar-refractivity contribution in [3.05, 3.63) is 29.3 Å². The molecule has 108 valence electrons. The fourth-order valence-corrected chi connectivity index (χ4v) is 0.979. The van der Waals surface area contributed by atoms with Crippen molar-refractivity contribution >= 4 is 13.0 Å². The molecular formula is C8H8BF6NO3. The second-order valence-electron chi connectivity index (χ2n) is 3.19. The number of alkyl halides is 6. The summed E-state index contributed by atoms with van der Waals surface area (Å²) in [7, 11) is -2.17. The molecule has 0 aliphatic heterocycles. The van der Waals surface area contributed by atoms with Gasteiger partial charge in [0.1, 0.15) is 0 Å². The molecule has 0 saturated heterocycles. The van der Waals surface area contributed by atoms with E-state index in [2.05, 4.69) is 0 Å². The monoisotopic (exact) mass is 291 g/mol. The number of benzene rings is 1. The van der Waals surface area contributed by atoms with Gasteiger partial charge in [0.05, 0.1) is 11.1 Å². The van der Waals surface area contributed by atoms with E-state index in [9.17, 15) is 26.3 Å². The Morgan fingerprint density at radius 2 is 1.05 bits per heavy atom. The number of nitrogen functional groups attached to an aromatic ring is 1. The Labute approximate surface area is 103 Å². The second-order valence-corrected chi connectivity index (χ2v) is 3.19. The molecule has 0 unspecified atom stereocenters. The highest BCUT2D eigenvalue weighted by Gasteiger charge is 2.36. The third kappa shape index (κ3) is 6.89. The zero-order valence-electron chi connectivity index (χ0n) is 9.00. The summed E-state index contributed by atoms with van der Waals surface area (Å²) in [6.07, 6.45) is -9.68. The van der Waals surface area contributed by atoms with Crippen LogP contribution >= 0.6 is 0 Å². The molecule has 0 aliphatic carbocycles. The van der Waals surface area contributed by atoms with Crippen molar-refractivity contribution in [2.24, 2.45) is 0 Å². The maximum Gasteiger partial charge on any atom is 0.631 e. The van der Waals surface area contributed by atoms with E-state index in [4.69, 9.17) is 20.8 Å². The van der Waals surface area contributed by atoms with Crippen LogP contribution in [0.1, 0.15) is 11.1 Å². The van der Waals surface area contributed by atoms with Gasteiger partial charge >= 0.3 is 19.7 Å². The quantitative estimate of drug-likeness (QED) is 0.329. The molecule has 0 radical (unpaired) electrons. The van der Waals surface area contributed by atoms with Crippen LogP contribution in [0, 0.1) is 0 Å². The van der Waals surface area contributed by atoms with Gasteiger partial charge in [-0.15, -0.1) is 0 Å². The molecule has 0 atom stereocenters. The average Bonchev–Trinajstić information content (AvgIpc) is 2.12. The molecule has 0 spiro atoms. The van der Waals surface area contributed by atoms with Gasteiger partial charge in [0.25, 0.3) is 0 Å². The third-order valence-electron chi connectivity index (χ3n) is 1.61. The Hall–Kier alpha value is -1.46. The second kappa shape index (κ2) is 6.13. The Kier molecular flexibility index (Phi) is 5.66. The van der Waals surface area contributed by atoms with Gasteiger partial charge in [-0.3, -0.25) is 0 Å². The standard InChI is InChI=1S/C8H5F6N.BH3O3/c9-7(10,11)4-1-5(8(12,13)14)3-6(15)2-4;2-1(3)4/h1-3H,15H2;2-4H. The number of anilines is 1. The largest absolute Gasteiger partial charge is 0.631 e.